The largest absolute Gasteiger partial charge is 0.490 e. The number of fused-ring (bicyclic) bond motifs is 1. The lowest BCUT2D eigenvalue weighted by molar-refractivity contribution is 0.111. The van der Waals surface area contributed by atoms with Crippen molar-refractivity contribution in [1.82, 2.24) is 15.1 Å². The van der Waals surface area contributed by atoms with Crippen molar-refractivity contribution in [3.05, 3.63) is 24.4 Å². The van der Waals surface area contributed by atoms with Gasteiger partial charge in [0.25, 0.3) is 0 Å². The number of hydrogen-bond acceptors (Lipinski definition) is 3. The van der Waals surface area contributed by atoms with Gasteiger partial charge in [-0.2, -0.15) is 5.10 Å². The molecular weight excluding hydrogens is 238 g/mol. The Morgan fingerprint density at radius 1 is 1.21 bits per heavy atom. The molecule has 4 heteroatoms. The third-order valence-electron chi connectivity index (χ3n) is 4.09. The Hall–Kier alpha value is -1.55. The van der Waals surface area contributed by atoms with E-state index in [-0.39, 0.29) is 0 Å². The molecule has 0 radical (unpaired) electrons. The van der Waals surface area contributed by atoms with Gasteiger partial charge in [0.1, 0.15) is 5.75 Å². The van der Waals surface area contributed by atoms with E-state index in [0.717, 1.165) is 35.5 Å². The minimum atomic E-state index is 0.362. The van der Waals surface area contributed by atoms with Gasteiger partial charge in [-0.15, -0.1) is 0 Å². The lowest BCUT2D eigenvalue weighted by Gasteiger charge is -2.32. The molecule has 19 heavy (non-hydrogen) atoms. The molecule has 1 heterocycles. The van der Waals surface area contributed by atoms with Gasteiger partial charge in [0.05, 0.1) is 17.8 Å². The zero-order valence-electron chi connectivity index (χ0n) is 11.6. The highest BCUT2D eigenvalue weighted by molar-refractivity contribution is 5.79. The van der Waals surface area contributed by atoms with Crippen molar-refractivity contribution < 1.29 is 4.74 Å². The topological polar surface area (TPSA) is 41.1 Å². The molecule has 0 bridgehead atoms. The van der Waals surface area contributed by atoms with Crippen LogP contribution in [0.3, 0.4) is 0 Å². The number of H-pyrrole nitrogens is 1. The minimum Gasteiger partial charge on any atom is -0.490 e. The van der Waals surface area contributed by atoms with Gasteiger partial charge in [-0.1, -0.05) is 0 Å². The summed E-state index contributed by atoms with van der Waals surface area (Å²) in [5.41, 5.74) is 1.06. The third kappa shape index (κ3) is 2.73. The molecule has 1 saturated carbocycles. The molecule has 0 aliphatic heterocycles. The molecule has 102 valence electrons. The van der Waals surface area contributed by atoms with Crippen LogP contribution in [-0.4, -0.2) is 41.3 Å². The number of benzene rings is 1. The molecule has 1 N–H and O–H groups in total. The first-order valence-corrected chi connectivity index (χ1v) is 6.98. The van der Waals surface area contributed by atoms with Crippen LogP contribution in [0.25, 0.3) is 10.9 Å². The molecule has 1 fully saturated rings. The summed E-state index contributed by atoms with van der Waals surface area (Å²) in [7, 11) is 4.33. The fourth-order valence-corrected chi connectivity index (χ4v) is 2.87. The van der Waals surface area contributed by atoms with E-state index in [1.54, 1.807) is 0 Å². The second-order valence-electron chi connectivity index (χ2n) is 5.63. The lowest BCUT2D eigenvalue weighted by Crippen LogP contribution is -2.35. The highest BCUT2D eigenvalue weighted by atomic mass is 16.5. The molecule has 0 spiro atoms. The van der Waals surface area contributed by atoms with E-state index in [0.29, 0.717) is 6.10 Å². The molecule has 1 aliphatic rings. The van der Waals surface area contributed by atoms with Gasteiger partial charge in [-0.3, -0.25) is 5.10 Å². The summed E-state index contributed by atoms with van der Waals surface area (Å²) in [6, 6.07) is 6.84. The molecule has 1 aromatic carbocycles. The van der Waals surface area contributed by atoms with E-state index >= 15 is 0 Å². The van der Waals surface area contributed by atoms with Crippen LogP contribution in [0.4, 0.5) is 0 Å². The smallest absolute Gasteiger partial charge is 0.120 e. The summed E-state index contributed by atoms with van der Waals surface area (Å²) in [5, 5.41) is 8.10. The quantitative estimate of drug-likeness (QED) is 0.921. The van der Waals surface area contributed by atoms with E-state index in [9.17, 15) is 0 Å². The fourth-order valence-electron chi connectivity index (χ4n) is 2.87. The lowest BCUT2D eigenvalue weighted by atomic mass is 9.92. The Balaban J connectivity index is 1.62. The standard InChI is InChI=1S/C15H21N3O/c1-18(2)12-3-5-13(6-4-12)19-14-7-8-15-11(9-14)10-16-17-15/h7-10,12-13H,3-6H2,1-2H3,(H,16,17). The first-order valence-electron chi connectivity index (χ1n) is 6.98. The second-order valence-corrected chi connectivity index (χ2v) is 5.63. The van der Waals surface area contributed by atoms with Crippen molar-refractivity contribution in [2.24, 2.45) is 0 Å². The van der Waals surface area contributed by atoms with E-state index in [1.807, 2.05) is 18.3 Å². The average molecular weight is 259 g/mol. The average Bonchev–Trinajstić information content (AvgIpc) is 2.87. The number of aromatic nitrogens is 2. The Bertz CT molecular complexity index is 541. The zero-order valence-corrected chi connectivity index (χ0v) is 11.6. The van der Waals surface area contributed by atoms with Gasteiger partial charge in [0.15, 0.2) is 0 Å². The van der Waals surface area contributed by atoms with Crippen LogP contribution in [0.1, 0.15) is 25.7 Å². The maximum Gasteiger partial charge on any atom is 0.120 e. The maximum atomic E-state index is 6.10. The van der Waals surface area contributed by atoms with E-state index in [1.165, 1.54) is 12.8 Å². The SMILES string of the molecule is CN(C)C1CCC(Oc2ccc3[nH]ncc3c2)CC1. The zero-order chi connectivity index (χ0) is 13.2. The first-order chi connectivity index (χ1) is 9.22. The Morgan fingerprint density at radius 2 is 2.00 bits per heavy atom. The van der Waals surface area contributed by atoms with Gasteiger partial charge in [-0.25, -0.2) is 0 Å². The van der Waals surface area contributed by atoms with E-state index in [2.05, 4.69) is 35.3 Å². The molecule has 0 amide bonds. The highest BCUT2D eigenvalue weighted by Crippen LogP contribution is 2.27. The van der Waals surface area contributed by atoms with Gasteiger partial charge in [0, 0.05) is 11.4 Å². The number of rotatable bonds is 3. The van der Waals surface area contributed by atoms with Crippen LogP contribution in [0, 0.1) is 0 Å². The van der Waals surface area contributed by atoms with Gasteiger partial charge < -0.3 is 9.64 Å². The molecule has 0 atom stereocenters. The van der Waals surface area contributed by atoms with Crippen LogP contribution < -0.4 is 4.74 Å². The minimum absolute atomic E-state index is 0.362. The van der Waals surface area contributed by atoms with Gasteiger partial charge >= 0.3 is 0 Å². The van der Waals surface area contributed by atoms with Crippen molar-refractivity contribution in [3.8, 4) is 5.75 Å². The van der Waals surface area contributed by atoms with Crippen LogP contribution in [0.15, 0.2) is 24.4 Å². The van der Waals surface area contributed by atoms with Crippen molar-refractivity contribution in [1.29, 1.82) is 0 Å². The fraction of sp³-hybridized carbons (Fsp3) is 0.533. The van der Waals surface area contributed by atoms with Gasteiger partial charge in [-0.05, 0) is 58.0 Å². The monoisotopic (exact) mass is 259 g/mol. The van der Waals surface area contributed by atoms with Crippen LogP contribution >= 0.6 is 0 Å². The van der Waals surface area contributed by atoms with Crippen molar-refractivity contribution >= 4 is 10.9 Å². The van der Waals surface area contributed by atoms with Crippen LogP contribution in [0.2, 0.25) is 0 Å². The summed E-state index contributed by atoms with van der Waals surface area (Å²) in [5.74, 6) is 0.960. The number of nitrogens with one attached hydrogen (secondary N) is 1. The number of nitrogens with zero attached hydrogens (tertiary/aromatic N) is 2. The van der Waals surface area contributed by atoms with Gasteiger partial charge in [0.2, 0.25) is 0 Å². The molecule has 3 rings (SSSR count). The highest BCUT2D eigenvalue weighted by Gasteiger charge is 2.23. The first kappa shape index (κ1) is 12.5. The van der Waals surface area contributed by atoms with E-state index in [4.69, 9.17) is 4.74 Å². The molecule has 1 aliphatic carbocycles. The normalized spacial score (nSPS) is 23.9. The second kappa shape index (κ2) is 5.21. The number of hydrogen-bond donors (Lipinski definition) is 1. The summed E-state index contributed by atoms with van der Waals surface area (Å²) < 4.78 is 6.10. The molecule has 1 aromatic heterocycles. The number of aromatic amines is 1. The Kier molecular flexibility index (Phi) is 3.42. The van der Waals surface area contributed by atoms with Crippen LogP contribution in [0.5, 0.6) is 5.75 Å². The van der Waals surface area contributed by atoms with Crippen molar-refractivity contribution in [2.75, 3.05) is 14.1 Å². The summed E-state index contributed by atoms with van der Waals surface area (Å²) in [6.45, 7) is 0. The summed E-state index contributed by atoms with van der Waals surface area (Å²) in [4.78, 5) is 2.33. The molecular formula is C15H21N3O. The van der Waals surface area contributed by atoms with Crippen molar-refractivity contribution in [3.63, 3.8) is 0 Å². The summed E-state index contributed by atoms with van der Waals surface area (Å²) in [6.07, 6.45) is 6.95. The summed E-state index contributed by atoms with van der Waals surface area (Å²) >= 11 is 0. The van der Waals surface area contributed by atoms with Crippen LogP contribution in [-0.2, 0) is 0 Å². The predicted molar refractivity (Wildman–Crippen MR) is 76.5 cm³/mol. The predicted octanol–water partition coefficient (Wildman–Crippen LogP) is 2.81. The molecule has 2 aromatic rings. The molecule has 0 unspecified atom stereocenters. The Morgan fingerprint density at radius 3 is 2.74 bits per heavy atom. The molecule has 4 nitrogen and oxygen atoms in total. The van der Waals surface area contributed by atoms with E-state index < -0.39 is 0 Å². The maximum absolute atomic E-state index is 6.10. The third-order valence-corrected chi connectivity index (χ3v) is 4.09. The molecule has 0 saturated heterocycles. The number of ether oxygens (including phenoxy) is 1. The Labute approximate surface area is 113 Å². The van der Waals surface area contributed by atoms with Crippen molar-refractivity contribution in [2.45, 2.75) is 37.8 Å².